The number of thiocarbonyl (C=S) groups is 1. The van der Waals surface area contributed by atoms with Gasteiger partial charge in [-0.1, -0.05) is 75.4 Å². The van der Waals surface area contributed by atoms with Crippen LogP contribution in [-0.4, -0.2) is 5.11 Å². The van der Waals surface area contributed by atoms with E-state index in [2.05, 4.69) is 81.7 Å². The molecule has 0 amide bonds. The topological polar surface area (TPSA) is 24.1 Å². The van der Waals surface area contributed by atoms with Crippen molar-refractivity contribution in [3.05, 3.63) is 71.3 Å². The van der Waals surface area contributed by atoms with Crippen LogP contribution in [0, 0.1) is 0 Å². The summed E-state index contributed by atoms with van der Waals surface area (Å²) in [5.74, 6) is 0. The summed E-state index contributed by atoms with van der Waals surface area (Å²) in [6.07, 6.45) is 0. The standard InChI is InChI=1S/C21H28N2S/c1-15(17-9-7-6-8-10-17)22-20(24)23-16(2)18-11-13-19(14-12-18)21(3,4)5/h6-16H,1-5H3,(H2,22,23,24). The summed E-state index contributed by atoms with van der Waals surface area (Å²) in [6.45, 7) is 10.9. The lowest BCUT2D eigenvalue weighted by Crippen LogP contribution is -2.38. The zero-order valence-electron chi connectivity index (χ0n) is 15.3. The molecule has 0 aromatic heterocycles. The molecule has 2 aromatic rings. The summed E-state index contributed by atoms with van der Waals surface area (Å²) in [5, 5.41) is 7.41. The van der Waals surface area contributed by atoms with Gasteiger partial charge >= 0.3 is 0 Å². The van der Waals surface area contributed by atoms with Crippen LogP contribution in [0.2, 0.25) is 0 Å². The molecular formula is C21H28N2S. The highest BCUT2D eigenvalue weighted by molar-refractivity contribution is 7.80. The molecule has 128 valence electrons. The van der Waals surface area contributed by atoms with Crippen LogP contribution in [0.15, 0.2) is 54.6 Å². The number of rotatable bonds is 4. The van der Waals surface area contributed by atoms with E-state index in [4.69, 9.17) is 12.2 Å². The molecule has 0 fully saturated rings. The van der Waals surface area contributed by atoms with Crippen molar-refractivity contribution >= 4 is 17.3 Å². The second kappa shape index (κ2) is 7.80. The van der Waals surface area contributed by atoms with E-state index in [1.165, 1.54) is 16.7 Å². The molecule has 0 aliphatic rings. The Morgan fingerprint density at radius 3 is 1.71 bits per heavy atom. The van der Waals surface area contributed by atoms with E-state index >= 15 is 0 Å². The lowest BCUT2D eigenvalue weighted by Gasteiger charge is -2.23. The van der Waals surface area contributed by atoms with Gasteiger partial charge in [-0.05, 0) is 48.2 Å². The van der Waals surface area contributed by atoms with E-state index in [0.29, 0.717) is 5.11 Å². The second-order valence-corrected chi connectivity index (χ2v) is 7.75. The lowest BCUT2D eigenvalue weighted by atomic mass is 9.86. The Balaban J connectivity index is 1.94. The molecule has 0 aliphatic carbocycles. The molecule has 0 radical (unpaired) electrons. The Morgan fingerprint density at radius 1 is 0.792 bits per heavy atom. The first-order chi connectivity index (χ1) is 11.3. The Morgan fingerprint density at radius 2 is 1.25 bits per heavy atom. The summed E-state index contributed by atoms with van der Waals surface area (Å²) >= 11 is 5.47. The van der Waals surface area contributed by atoms with Crippen LogP contribution in [0.5, 0.6) is 0 Å². The van der Waals surface area contributed by atoms with Gasteiger partial charge in [-0.2, -0.15) is 0 Å². The van der Waals surface area contributed by atoms with Crippen molar-refractivity contribution in [2.45, 2.75) is 52.1 Å². The molecule has 0 bridgehead atoms. The molecule has 2 unspecified atom stereocenters. The fraction of sp³-hybridized carbons (Fsp3) is 0.381. The molecule has 24 heavy (non-hydrogen) atoms. The van der Waals surface area contributed by atoms with Crippen LogP contribution in [0.3, 0.4) is 0 Å². The van der Waals surface area contributed by atoms with Gasteiger partial charge in [0.2, 0.25) is 0 Å². The van der Waals surface area contributed by atoms with Gasteiger partial charge in [0.25, 0.3) is 0 Å². The molecule has 2 atom stereocenters. The Hall–Kier alpha value is -1.87. The second-order valence-electron chi connectivity index (χ2n) is 7.34. The summed E-state index contributed by atoms with van der Waals surface area (Å²) in [4.78, 5) is 0. The van der Waals surface area contributed by atoms with Crippen LogP contribution in [-0.2, 0) is 5.41 Å². The first-order valence-electron chi connectivity index (χ1n) is 8.50. The third-order valence-electron chi connectivity index (χ3n) is 4.27. The number of nitrogens with one attached hydrogen (secondary N) is 2. The van der Waals surface area contributed by atoms with Gasteiger partial charge in [0.1, 0.15) is 0 Å². The van der Waals surface area contributed by atoms with Crippen molar-refractivity contribution in [1.82, 2.24) is 10.6 Å². The monoisotopic (exact) mass is 340 g/mol. The van der Waals surface area contributed by atoms with Gasteiger partial charge in [-0.15, -0.1) is 0 Å². The molecule has 0 saturated carbocycles. The Labute approximate surface area is 151 Å². The summed E-state index contributed by atoms with van der Waals surface area (Å²) in [5.41, 5.74) is 3.98. The summed E-state index contributed by atoms with van der Waals surface area (Å²) in [6, 6.07) is 19.5. The molecule has 2 nitrogen and oxygen atoms in total. The maximum Gasteiger partial charge on any atom is 0.167 e. The van der Waals surface area contributed by atoms with E-state index in [0.717, 1.165) is 0 Å². The van der Waals surface area contributed by atoms with Crippen molar-refractivity contribution in [2.24, 2.45) is 0 Å². The normalized spacial score (nSPS) is 13.9. The van der Waals surface area contributed by atoms with Crippen LogP contribution in [0.1, 0.15) is 63.4 Å². The Bertz CT molecular complexity index is 656. The van der Waals surface area contributed by atoms with Crippen molar-refractivity contribution in [3.63, 3.8) is 0 Å². The highest BCUT2D eigenvalue weighted by atomic mass is 32.1. The predicted octanol–water partition coefficient (Wildman–Crippen LogP) is 5.27. The van der Waals surface area contributed by atoms with E-state index in [9.17, 15) is 0 Å². The quantitative estimate of drug-likeness (QED) is 0.741. The molecule has 2 rings (SSSR count). The first kappa shape index (κ1) is 18.5. The number of hydrogen-bond donors (Lipinski definition) is 2. The summed E-state index contributed by atoms with van der Waals surface area (Å²) in [7, 11) is 0. The van der Waals surface area contributed by atoms with Gasteiger partial charge < -0.3 is 10.6 Å². The van der Waals surface area contributed by atoms with Gasteiger partial charge in [0.15, 0.2) is 5.11 Å². The molecule has 2 aromatic carbocycles. The molecule has 0 heterocycles. The molecule has 3 heteroatoms. The van der Waals surface area contributed by atoms with Gasteiger partial charge in [-0.25, -0.2) is 0 Å². The zero-order chi connectivity index (χ0) is 17.7. The van der Waals surface area contributed by atoms with Crippen molar-refractivity contribution < 1.29 is 0 Å². The van der Waals surface area contributed by atoms with Crippen molar-refractivity contribution in [1.29, 1.82) is 0 Å². The Kier molecular flexibility index (Phi) is 6.00. The third kappa shape index (κ3) is 5.07. The van der Waals surface area contributed by atoms with Crippen molar-refractivity contribution in [3.8, 4) is 0 Å². The van der Waals surface area contributed by atoms with E-state index in [1.54, 1.807) is 0 Å². The third-order valence-corrected chi connectivity index (χ3v) is 4.51. The highest BCUT2D eigenvalue weighted by Crippen LogP contribution is 2.24. The lowest BCUT2D eigenvalue weighted by molar-refractivity contribution is 0.589. The zero-order valence-corrected chi connectivity index (χ0v) is 16.1. The van der Waals surface area contributed by atoms with Crippen molar-refractivity contribution in [2.75, 3.05) is 0 Å². The molecule has 0 aliphatic heterocycles. The minimum Gasteiger partial charge on any atom is -0.356 e. The van der Waals surface area contributed by atoms with E-state index in [-0.39, 0.29) is 17.5 Å². The molecule has 0 spiro atoms. The smallest absolute Gasteiger partial charge is 0.167 e. The van der Waals surface area contributed by atoms with Crippen LogP contribution in [0.4, 0.5) is 0 Å². The number of hydrogen-bond acceptors (Lipinski definition) is 1. The minimum atomic E-state index is 0.169. The van der Waals surface area contributed by atoms with Crippen LogP contribution < -0.4 is 10.6 Å². The average molecular weight is 341 g/mol. The van der Waals surface area contributed by atoms with E-state index < -0.39 is 0 Å². The van der Waals surface area contributed by atoms with Crippen LogP contribution in [0.25, 0.3) is 0 Å². The van der Waals surface area contributed by atoms with Gasteiger partial charge in [0, 0.05) is 0 Å². The maximum atomic E-state index is 5.47. The van der Waals surface area contributed by atoms with Crippen LogP contribution >= 0.6 is 12.2 Å². The fourth-order valence-corrected chi connectivity index (χ4v) is 2.97. The largest absolute Gasteiger partial charge is 0.356 e. The average Bonchev–Trinajstić information content (AvgIpc) is 2.54. The summed E-state index contributed by atoms with van der Waals surface area (Å²) < 4.78 is 0. The SMILES string of the molecule is CC(NC(=S)NC(C)c1ccc(C(C)(C)C)cc1)c1ccccc1. The molecule has 0 saturated heterocycles. The highest BCUT2D eigenvalue weighted by Gasteiger charge is 2.15. The number of benzene rings is 2. The van der Waals surface area contributed by atoms with Gasteiger partial charge in [0.05, 0.1) is 12.1 Å². The predicted molar refractivity (Wildman–Crippen MR) is 107 cm³/mol. The first-order valence-corrected chi connectivity index (χ1v) is 8.90. The molecular weight excluding hydrogens is 312 g/mol. The molecule has 2 N–H and O–H groups in total. The van der Waals surface area contributed by atoms with Gasteiger partial charge in [-0.3, -0.25) is 0 Å². The minimum absolute atomic E-state index is 0.169. The fourth-order valence-electron chi connectivity index (χ4n) is 2.62. The maximum absolute atomic E-state index is 5.47. The van der Waals surface area contributed by atoms with E-state index in [1.807, 2.05) is 18.2 Å².